The summed E-state index contributed by atoms with van der Waals surface area (Å²) < 4.78 is 0. The third-order valence-electron chi connectivity index (χ3n) is 2.65. The van der Waals surface area contributed by atoms with Crippen molar-refractivity contribution in [2.45, 2.75) is 33.2 Å². The minimum atomic E-state index is -0.195. The molecule has 0 saturated carbocycles. The number of carbonyl (C=O) groups is 1. The Hall–Kier alpha value is -1.55. The first kappa shape index (κ1) is 13.5. The predicted octanol–water partition coefficient (Wildman–Crippen LogP) is 2.09. The van der Waals surface area contributed by atoms with Crippen LogP contribution in [0.1, 0.15) is 27.2 Å². The smallest absolute Gasteiger partial charge is 0.225 e. The van der Waals surface area contributed by atoms with Gasteiger partial charge in [-0.1, -0.05) is 26.8 Å². The van der Waals surface area contributed by atoms with Crippen LogP contribution < -0.4 is 11.1 Å². The number of benzene rings is 1. The molecule has 1 aromatic carbocycles. The minimum absolute atomic E-state index is 0.101. The van der Waals surface area contributed by atoms with Gasteiger partial charge in [0.1, 0.15) is 5.75 Å². The molecule has 1 aromatic rings. The number of hydrogen-bond acceptors (Lipinski definition) is 3. The molecule has 0 aliphatic carbocycles. The lowest BCUT2D eigenvalue weighted by Crippen LogP contribution is -2.38. The van der Waals surface area contributed by atoms with E-state index in [1.165, 1.54) is 6.07 Å². The Bertz CT molecular complexity index is 397. The molecular weight excluding hydrogens is 216 g/mol. The average Bonchev–Trinajstić information content (AvgIpc) is 2.15. The van der Waals surface area contributed by atoms with E-state index >= 15 is 0 Å². The number of amides is 1. The van der Waals surface area contributed by atoms with Gasteiger partial charge in [-0.3, -0.25) is 4.79 Å². The fourth-order valence-corrected chi connectivity index (χ4v) is 1.30. The standard InChI is InChI=1S/C13H20N2O2/c1-13(2,3)11(14)8-12(17)15-9-5-4-6-10(16)7-9/h4-7,11,16H,8,14H2,1-3H3,(H,15,17). The lowest BCUT2D eigenvalue weighted by atomic mass is 9.85. The van der Waals surface area contributed by atoms with Gasteiger partial charge in [0, 0.05) is 24.2 Å². The van der Waals surface area contributed by atoms with Gasteiger partial charge in [-0.2, -0.15) is 0 Å². The Labute approximate surface area is 102 Å². The van der Waals surface area contributed by atoms with Crippen molar-refractivity contribution in [3.05, 3.63) is 24.3 Å². The average molecular weight is 236 g/mol. The molecule has 0 bridgehead atoms. The zero-order valence-corrected chi connectivity index (χ0v) is 10.5. The maximum absolute atomic E-state index is 11.7. The molecule has 0 fully saturated rings. The van der Waals surface area contributed by atoms with E-state index in [0.717, 1.165) is 0 Å². The Kier molecular flexibility index (Phi) is 4.12. The Morgan fingerprint density at radius 1 is 1.47 bits per heavy atom. The number of anilines is 1. The molecule has 4 N–H and O–H groups in total. The quantitative estimate of drug-likeness (QED) is 0.752. The van der Waals surface area contributed by atoms with Crippen molar-refractivity contribution in [1.82, 2.24) is 0 Å². The van der Waals surface area contributed by atoms with Gasteiger partial charge in [0.15, 0.2) is 0 Å². The molecule has 0 aliphatic heterocycles. The first-order valence-corrected chi connectivity index (χ1v) is 5.63. The highest BCUT2D eigenvalue weighted by Crippen LogP contribution is 2.21. The van der Waals surface area contributed by atoms with Gasteiger partial charge in [-0.25, -0.2) is 0 Å². The van der Waals surface area contributed by atoms with Crippen molar-refractivity contribution in [3.63, 3.8) is 0 Å². The Morgan fingerprint density at radius 2 is 2.12 bits per heavy atom. The number of phenolic OH excluding ortho intramolecular Hbond substituents is 1. The molecule has 0 spiro atoms. The van der Waals surface area contributed by atoms with Crippen LogP contribution in [-0.2, 0) is 4.79 Å². The third kappa shape index (κ3) is 4.44. The van der Waals surface area contributed by atoms with E-state index in [2.05, 4.69) is 5.32 Å². The van der Waals surface area contributed by atoms with Gasteiger partial charge in [0.05, 0.1) is 0 Å². The summed E-state index contributed by atoms with van der Waals surface area (Å²) in [6, 6.07) is 6.26. The molecular formula is C13H20N2O2. The van der Waals surface area contributed by atoms with Crippen molar-refractivity contribution in [2.75, 3.05) is 5.32 Å². The van der Waals surface area contributed by atoms with Gasteiger partial charge in [0.2, 0.25) is 5.91 Å². The van der Waals surface area contributed by atoms with Crippen LogP contribution in [0.5, 0.6) is 5.75 Å². The van der Waals surface area contributed by atoms with Gasteiger partial charge < -0.3 is 16.2 Å². The number of hydrogen-bond donors (Lipinski definition) is 3. The second kappa shape index (κ2) is 5.19. The van der Waals surface area contributed by atoms with Crippen molar-refractivity contribution < 1.29 is 9.90 Å². The molecule has 4 nitrogen and oxygen atoms in total. The third-order valence-corrected chi connectivity index (χ3v) is 2.65. The molecule has 1 amide bonds. The van der Waals surface area contributed by atoms with Crippen LogP contribution in [-0.4, -0.2) is 17.1 Å². The lowest BCUT2D eigenvalue weighted by molar-refractivity contribution is -0.117. The van der Waals surface area contributed by atoms with E-state index in [-0.39, 0.29) is 29.5 Å². The summed E-state index contributed by atoms with van der Waals surface area (Å²) in [4.78, 5) is 11.7. The highest BCUT2D eigenvalue weighted by molar-refractivity contribution is 5.91. The summed E-state index contributed by atoms with van der Waals surface area (Å²) in [6.07, 6.45) is 0.263. The van der Waals surface area contributed by atoms with Crippen molar-refractivity contribution in [1.29, 1.82) is 0 Å². The number of aromatic hydroxyl groups is 1. The van der Waals surface area contributed by atoms with Crippen LogP contribution in [0.3, 0.4) is 0 Å². The molecule has 94 valence electrons. The van der Waals surface area contributed by atoms with E-state index in [9.17, 15) is 9.90 Å². The fourth-order valence-electron chi connectivity index (χ4n) is 1.30. The summed E-state index contributed by atoms with van der Waals surface area (Å²) in [6.45, 7) is 6.00. The number of carbonyl (C=O) groups excluding carboxylic acids is 1. The van der Waals surface area contributed by atoms with Gasteiger partial charge in [-0.05, 0) is 17.5 Å². The molecule has 0 aromatic heterocycles. The molecule has 1 unspecified atom stereocenters. The largest absolute Gasteiger partial charge is 0.508 e. The molecule has 0 aliphatic rings. The monoisotopic (exact) mass is 236 g/mol. The summed E-state index contributed by atoms with van der Waals surface area (Å²) in [7, 11) is 0. The van der Waals surface area contributed by atoms with Gasteiger partial charge in [-0.15, -0.1) is 0 Å². The van der Waals surface area contributed by atoms with Crippen molar-refractivity contribution in [2.24, 2.45) is 11.1 Å². The molecule has 1 atom stereocenters. The van der Waals surface area contributed by atoms with E-state index in [1.807, 2.05) is 20.8 Å². The second-order valence-corrected chi connectivity index (χ2v) is 5.28. The Balaban J connectivity index is 2.56. The molecule has 0 saturated heterocycles. The van der Waals surface area contributed by atoms with E-state index in [1.54, 1.807) is 18.2 Å². The highest BCUT2D eigenvalue weighted by atomic mass is 16.3. The number of nitrogens with two attached hydrogens (primary N) is 1. The van der Waals surface area contributed by atoms with Gasteiger partial charge >= 0.3 is 0 Å². The SMILES string of the molecule is CC(C)(C)C(N)CC(=O)Nc1cccc(O)c1. The molecule has 17 heavy (non-hydrogen) atoms. The fraction of sp³-hybridized carbons (Fsp3) is 0.462. The Morgan fingerprint density at radius 3 is 2.65 bits per heavy atom. The van der Waals surface area contributed by atoms with Crippen LogP contribution in [0.4, 0.5) is 5.69 Å². The van der Waals surface area contributed by atoms with Crippen LogP contribution in [0.25, 0.3) is 0 Å². The maximum atomic E-state index is 11.7. The van der Waals surface area contributed by atoms with Crippen LogP contribution in [0.15, 0.2) is 24.3 Å². The molecule has 0 radical (unpaired) electrons. The van der Waals surface area contributed by atoms with Gasteiger partial charge in [0.25, 0.3) is 0 Å². The number of phenols is 1. The summed E-state index contributed by atoms with van der Waals surface area (Å²) in [5, 5.41) is 12.0. The van der Waals surface area contributed by atoms with E-state index in [4.69, 9.17) is 5.73 Å². The number of rotatable bonds is 3. The second-order valence-electron chi connectivity index (χ2n) is 5.28. The summed E-state index contributed by atoms with van der Waals surface area (Å²) >= 11 is 0. The molecule has 1 rings (SSSR count). The van der Waals surface area contributed by atoms with Crippen LogP contribution in [0.2, 0.25) is 0 Å². The van der Waals surface area contributed by atoms with Crippen molar-refractivity contribution >= 4 is 11.6 Å². The molecule has 0 heterocycles. The molecule has 4 heteroatoms. The topological polar surface area (TPSA) is 75.4 Å². The predicted molar refractivity (Wildman–Crippen MR) is 68.8 cm³/mol. The zero-order chi connectivity index (χ0) is 13.1. The van der Waals surface area contributed by atoms with Crippen molar-refractivity contribution in [3.8, 4) is 5.75 Å². The van der Waals surface area contributed by atoms with E-state index in [0.29, 0.717) is 5.69 Å². The first-order chi connectivity index (χ1) is 7.79. The first-order valence-electron chi connectivity index (χ1n) is 5.63. The van der Waals surface area contributed by atoms with E-state index < -0.39 is 0 Å². The highest BCUT2D eigenvalue weighted by Gasteiger charge is 2.23. The number of nitrogens with one attached hydrogen (secondary N) is 1. The van der Waals surface area contributed by atoms with Crippen LogP contribution in [0, 0.1) is 5.41 Å². The zero-order valence-electron chi connectivity index (χ0n) is 10.5. The summed E-state index contributed by atoms with van der Waals surface area (Å²) in [5.74, 6) is -0.0130. The normalized spacial score (nSPS) is 13.2. The summed E-state index contributed by atoms with van der Waals surface area (Å²) in [5.41, 5.74) is 6.40. The maximum Gasteiger partial charge on any atom is 0.225 e. The lowest BCUT2D eigenvalue weighted by Gasteiger charge is -2.26. The van der Waals surface area contributed by atoms with Crippen LogP contribution >= 0.6 is 0 Å². The minimum Gasteiger partial charge on any atom is -0.508 e.